The summed E-state index contributed by atoms with van der Waals surface area (Å²) in [7, 11) is 1.65. The molecule has 5 nitrogen and oxygen atoms in total. The van der Waals surface area contributed by atoms with Crippen molar-refractivity contribution < 1.29 is 4.74 Å². The second-order valence-corrected chi connectivity index (χ2v) is 5.68. The van der Waals surface area contributed by atoms with Crippen LogP contribution in [0.1, 0.15) is 12.5 Å². The van der Waals surface area contributed by atoms with Gasteiger partial charge in [-0.1, -0.05) is 0 Å². The van der Waals surface area contributed by atoms with Crippen molar-refractivity contribution in [1.29, 1.82) is 0 Å². The minimum absolute atomic E-state index is 0.747. The fraction of sp³-hybridized carbons (Fsp3) is 0.118. The lowest BCUT2D eigenvalue weighted by molar-refractivity contribution is 0.415. The van der Waals surface area contributed by atoms with Crippen LogP contribution in [0.5, 0.6) is 5.75 Å². The molecule has 23 heavy (non-hydrogen) atoms. The van der Waals surface area contributed by atoms with Gasteiger partial charge < -0.3 is 4.74 Å². The van der Waals surface area contributed by atoms with Gasteiger partial charge in [0, 0.05) is 23.3 Å². The number of nitrogens with zero attached hydrogens (tertiary/aromatic N) is 3. The molecular formula is C17H16N4OS. The van der Waals surface area contributed by atoms with E-state index in [0.29, 0.717) is 0 Å². The lowest BCUT2D eigenvalue weighted by atomic mass is 10.1. The molecule has 0 amide bonds. The summed E-state index contributed by atoms with van der Waals surface area (Å²) in [5.74, 6) is 0.829. The molecule has 3 rings (SSSR count). The Labute approximate surface area is 138 Å². The molecule has 1 N–H and O–H groups in total. The van der Waals surface area contributed by atoms with E-state index in [1.807, 2.05) is 48.7 Å². The van der Waals surface area contributed by atoms with Gasteiger partial charge in [-0.25, -0.2) is 4.98 Å². The fourth-order valence-corrected chi connectivity index (χ4v) is 2.66. The first kappa shape index (κ1) is 15.2. The smallest absolute Gasteiger partial charge is 0.203 e. The molecule has 3 aromatic rings. The van der Waals surface area contributed by atoms with E-state index in [1.54, 1.807) is 19.5 Å². The molecule has 116 valence electrons. The maximum Gasteiger partial charge on any atom is 0.203 e. The van der Waals surface area contributed by atoms with E-state index in [0.717, 1.165) is 33.4 Å². The average Bonchev–Trinajstić information content (AvgIpc) is 3.09. The lowest BCUT2D eigenvalue weighted by Crippen LogP contribution is -1.99. The Kier molecular flexibility index (Phi) is 4.63. The zero-order chi connectivity index (χ0) is 16.1. The van der Waals surface area contributed by atoms with Crippen molar-refractivity contribution in [2.75, 3.05) is 12.5 Å². The van der Waals surface area contributed by atoms with E-state index in [1.165, 1.54) is 11.3 Å². The first-order valence-electron chi connectivity index (χ1n) is 7.07. The van der Waals surface area contributed by atoms with Gasteiger partial charge in [0.2, 0.25) is 5.13 Å². The predicted molar refractivity (Wildman–Crippen MR) is 94.2 cm³/mol. The molecule has 0 radical (unpaired) electrons. The number of nitrogens with one attached hydrogen (secondary N) is 1. The minimum Gasteiger partial charge on any atom is -0.497 e. The van der Waals surface area contributed by atoms with Crippen LogP contribution in [0.15, 0.2) is 59.3 Å². The van der Waals surface area contributed by atoms with E-state index in [9.17, 15) is 0 Å². The monoisotopic (exact) mass is 324 g/mol. The molecule has 0 unspecified atom stereocenters. The molecule has 0 bridgehead atoms. The third-order valence-corrected chi connectivity index (χ3v) is 4.04. The standard InChI is InChI=1S/C17H16N4OS/c1-12(13-5-7-15(22-2)8-6-13)20-21-17-19-16(11-23-17)14-4-3-9-18-10-14/h3-11H,1-2H3,(H,19,21). The number of aromatic nitrogens is 2. The first-order chi connectivity index (χ1) is 11.3. The van der Waals surface area contributed by atoms with Gasteiger partial charge in [0.1, 0.15) is 5.75 Å². The number of benzene rings is 1. The molecule has 0 aliphatic rings. The second kappa shape index (κ2) is 7.02. The van der Waals surface area contributed by atoms with Crippen molar-refractivity contribution >= 4 is 22.2 Å². The summed E-state index contributed by atoms with van der Waals surface area (Å²) >= 11 is 1.51. The van der Waals surface area contributed by atoms with Crippen LogP contribution >= 0.6 is 11.3 Å². The fourth-order valence-electron chi connectivity index (χ4n) is 2.00. The van der Waals surface area contributed by atoms with Crippen molar-refractivity contribution in [3.8, 4) is 17.0 Å². The highest BCUT2D eigenvalue weighted by Crippen LogP contribution is 2.24. The van der Waals surface area contributed by atoms with E-state index in [-0.39, 0.29) is 0 Å². The van der Waals surface area contributed by atoms with E-state index >= 15 is 0 Å². The highest BCUT2D eigenvalue weighted by atomic mass is 32.1. The topological polar surface area (TPSA) is 59.4 Å². The first-order valence-corrected chi connectivity index (χ1v) is 7.95. The molecule has 0 atom stereocenters. The molecular weight excluding hydrogens is 308 g/mol. The van der Waals surface area contributed by atoms with Crippen LogP contribution in [0.4, 0.5) is 5.13 Å². The zero-order valence-corrected chi connectivity index (χ0v) is 13.7. The third kappa shape index (κ3) is 3.73. The minimum atomic E-state index is 0.747. The Morgan fingerprint density at radius 3 is 2.74 bits per heavy atom. The summed E-state index contributed by atoms with van der Waals surface area (Å²) in [6.45, 7) is 1.95. The summed E-state index contributed by atoms with van der Waals surface area (Å²) in [5, 5.41) is 7.12. The summed E-state index contributed by atoms with van der Waals surface area (Å²) in [4.78, 5) is 8.62. The highest BCUT2D eigenvalue weighted by Gasteiger charge is 2.04. The summed E-state index contributed by atoms with van der Waals surface area (Å²) < 4.78 is 5.15. The van der Waals surface area contributed by atoms with E-state index in [4.69, 9.17) is 4.74 Å². The van der Waals surface area contributed by atoms with Gasteiger partial charge in [-0.3, -0.25) is 10.4 Å². The van der Waals surface area contributed by atoms with Crippen LogP contribution in [-0.4, -0.2) is 22.8 Å². The average molecular weight is 324 g/mol. The highest BCUT2D eigenvalue weighted by molar-refractivity contribution is 7.14. The van der Waals surface area contributed by atoms with Crippen molar-refractivity contribution in [3.63, 3.8) is 0 Å². The maximum absolute atomic E-state index is 5.15. The van der Waals surface area contributed by atoms with Crippen molar-refractivity contribution in [3.05, 3.63) is 59.7 Å². The largest absolute Gasteiger partial charge is 0.497 e. The quantitative estimate of drug-likeness (QED) is 0.568. The van der Waals surface area contributed by atoms with Crippen molar-refractivity contribution in [1.82, 2.24) is 9.97 Å². The molecule has 0 fully saturated rings. The molecule has 0 spiro atoms. The number of rotatable bonds is 5. The van der Waals surface area contributed by atoms with Gasteiger partial charge in [-0.05, 0) is 48.9 Å². The Hall–Kier alpha value is -2.73. The molecule has 0 saturated carbocycles. The normalized spacial score (nSPS) is 11.3. The Bertz CT molecular complexity index is 797. The van der Waals surface area contributed by atoms with Crippen LogP contribution in [0, 0.1) is 0 Å². The molecule has 2 heterocycles. The third-order valence-electron chi connectivity index (χ3n) is 3.29. The molecule has 0 aliphatic carbocycles. The summed E-state index contributed by atoms with van der Waals surface area (Å²) in [6.07, 6.45) is 3.54. The van der Waals surface area contributed by atoms with Gasteiger partial charge in [0.25, 0.3) is 0 Å². The summed E-state index contributed by atoms with van der Waals surface area (Å²) in [5.41, 5.74) is 6.80. The number of hydrogen-bond acceptors (Lipinski definition) is 6. The number of hydrazone groups is 1. The Morgan fingerprint density at radius 1 is 1.22 bits per heavy atom. The predicted octanol–water partition coefficient (Wildman–Crippen LogP) is 4.05. The van der Waals surface area contributed by atoms with Gasteiger partial charge in [0.15, 0.2) is 0 Å². The Balaban J connectivity index is 1.70. The van der Waals surface area contributed by atoms with Gasteiger partial charge >= 0.3 is 0 Å². The van der Waals surface area contributed by atoms with Crippen molar-refractivity contribution in [2.24, 2.45) is 5.10 Å². The number of methoxy groups -OCH3 is 1. The van der Waals surface area contributed by atoms with Gasteiger partial charge in [-0.15, -0.1) is 11.3 Å². The van der Waals surface area contributed by atoms with Crippen LogP contribution in [0.25, 0.3) is 11.3 Å². The SMILES string of the molecule is COc1ccc(C(C)=NNc2nc(-c3cccnc3)cs2)cc1. The van der Waals surface area contributed by atoms with Gasteiger partial charge in [0.05, 0.1) is 18.5 Å². The molecule has 1 aromatic carbocycles. The lowest BCUT2D eigenvalue weighted by Gasteiger charge is -2.03. The molecule has 0 saturated heterocycles. The summed E-state index contributed by atoms with van der Waals surface area (Å²) in [6, 6.07) is 11.7. The van der Waals surface area contributed by atoms with Crippen LogP contribution < -0.4 is 10.2 Å². The number of anilines is 1. The number of ether oxygens (including phenoxy) is 1. The van der Waals surface area contributed by atoms with Crippen molar-refractivity contribution in [2.45, 2.75) is 6.92 Å². The van der Waals surface area contributed by atoms with Crippen LogP contribution in [0.3, 0.4) is 0 Å². The van der Waals surface area contributed by atoms with Gasteiger partial charge in [-0.2, -0.15) is 5.10 Å². The van der Waals surface area contributed by atoms with Crippen LogP contribution in [-0.2, 0) is 0 Å². The van der Waals surface area contributed by atoms with E-state index in [2.05, 4.69) is 20.5 Å². The number of pyridine rings is 1. The maximum atomic E-state index is 5.15. The molecule has 2 aromatic heterocycles. The molecule has 6 heteroatoms. The van der Waals surface area contributed by atoms with E-state index < -0.39 is 0 Å². The van der Waals surface area contributed by atoms with Crippen LogP contribution in [0.2, 0.25) is 0 Å². The Morgan fingerprint density at radius 2 is 2.04 bits per heavy atom. The zero-order valence-electron chi connectivity index (χ0n) is 12.9. The second-order valence-electron chi connectivity index (χ2n) is 4.82. The number of thiazole rings is 1. The number of hydrogen-bond donors (Lipinski definition) is 1. The molecule has 0 aliphatic heterocycles.